The maximum absolute atomic E-state index is 12.0. The summed E-state index contributed by atoms with van der Waals surface area (Å²) in [5.41, 5.74) is 5.04. The van der Waals surface area contributed by atoms with Gasteiger partial charge in [-0.2, -0.15) is 0 Å². The van der Waals surface area contributed by atoms with E-state index < -0.39 is 15.6 Å². The molecule has 7 heteroatoms. The minimum atomic E-state index is -3.57. The van der Waals surface area contributed by atoms with Crippen LogP contribution in [0.5, 0.6) is 0 Å². The molecule has 19 heavy (non-hydrogen) atoms. The highest BCUT2D eigenvalue weighted by Crippen LogP contribution is 2.32. The monoisotopic (exact) mass is 304 g/mol. The van der Waals surface area contributed by atoms with Crippen LogP contribution in [0.15, 0.2) is 15.7 Å². The summed E-state index contributed by atoms with van der Waals surface area (Å²) in [7, 11) is -3.57. The molecule has 2 atom stereocenters. The van der Waals surface area contributed by atoms with Gasteiger partial charge in [0.25, 0.3) is 0 Å². The largest absolute Gasteiger partial charge is 0.398 e. The summed E-state index contributed by atoms with van der Waals surface area (Å²) in [4.78, 5) is 0. The molecule has 1 heterocycles. The SMILES string of the molecule is CC1CCCC(O)(CNS(=O)(=O)c2cc(N)cs2)C1. The Kier molecular flexibility index (Phi) is 4.20. The van der Waals surface area contributed by atoms with Gasteiger partial charge in [0.2, 0.25) is 10.0 Å². The van der Waals surface area contributed by atoms with Gasteiger partial charge in [0, 0.05) is 17.6 Å². The second-order valence-electron chi connectivity index (χ2n) is 5.45. The Labute approximate surface area is 117 Å². The first-order valence-electron chi connectivity index (χ1n) is 6.37. The summed E-state index contributed by atoms with van der Waals surface area (Å²) < 4.78 is 26.8. The zero-order valence-corrected chi connectivity index (χ0v) is 12.6. The first-order chi connectivity index (χ1) is 8.81. The molecule has 1 fully saturated rings. The lowest BCUT2D eigenvalue weighted by molar-refractivity contribution is -0.00750. The van der Waals surface area contributed by atoms with Gasteiger partial charge in [-0.1, -0.05) is 19.8 Å². The fraction of sp³-hybridized carbons (Fsp3) is 0.667. The van der Waals surface area contributed by atoms with E-state index in [1.165, 1.54) is 6.07 Å². The van der Waals surface area contributed by atoms with Gasteiger partial charge in [0.05, 0.1) is 5.60 Å². The zero-order valence-electron chi connectivity index (χ0n) is 10.9. The molecule has 1 aromatic rings. The standard InChI is InChI=1S/C12H20N2O3S2/c1-9-3-2-4-12(15,6-9)8-14-19(16,17)11-5-10(13)7-18-11/h5,7,9,14-15H,2-4,6,8,13H2,1H3. The van der Waals surface area contributed by atoms with Gasteiger partial charge >= 0.3 is 0 Å². The molecule has 0 saturated heterocycles. The van der Waals surface area contributed by atoms with Crippen molar-refractivity contribution in [3.8, 4) is 0 Å². The van der Waals surface area contributed by atoms with Gasteiger partial charge < -0.3 is 10.8 Å². The molecule has 0 radical (unpaired) electrons. The Morgan fingerprint density at radius 3 is 2.95 bits per heavy atom. The van der Waals surface area contributed by atoms with E-state index in [0.717, 1.165) is 24.2 Å². The highest BCUT2D eigenvalue weighted by Gasteiger charge is 2.34. The van der Waals surface area contributed by atoms with Crippen LogP contribution in [0.25, 0.3) is 0 Å². The Morgan fingerprint density at radius 1 is 1.63 bits per heavy atom. The molecule has 0 aliphatic heterocycles. The van der Waals surface area contributed by atoms with Crippen molar-refractivity contribution in [2.24, 2.45) is 5.92 Å². The molecule has 0 aromatic carbocycles. The number of hydrogen-bond donors (Lipinski definition) is 3. The van der Waals surface area contributed by atoms with E-state index in [9.17, 15) is 13.5 Å². The van der Waals surface area contributed by atoms with Crippen molar-refractivity contribution < 1.29 is 13.5 Å². The molecule has 1 saturated carbocycles. The van der Waals surface area contributed by atoms with Crippen molar-refractivity contribution in [2.75, 3.05) is 12.3 Å². The number of nitrogens with one attached hydrogen (secondary N) is 1. The number of nitrogen functional groups attached to an aromatic ring is 1. The van der Waals surface area contributed by atoms with Crippen molar-refractivity contribution in [3.05, 3.63) is 11.4 Å². The number of aliphatic hydroxyl groups is 1. The molecule has 0 amide bonds. The number of hydrogen-bond acceptors (Lipinski definition) is 5. The van der Waals surface area contributed by atoms with Crippen LogP contribution in [0, 0.1) is 5.92 Å². The smallest absolute Gasteiger partial charge is 0.250 e. The second kappa shape index (κ2) is 5.40. The fourth-order valence-corrected chi connectivity index (χ4v) is 4.81. The molecule has 108 valence electrons. The molecule has 2 unspecified atom stereocenters. The van der Waals surface area contributed by atoms with Gasteiger partial charge in [-0.3, -0.25) is 0 Å². The summed E-state index contributed by atoms with van der Waals surface area (Å²) in [6, 6.07) is 1.43. The lowest BCUT2D eigenvalue weighted by Gasteiger charge is -2.35. The molecule has 5 nitrogen and oxygen atoms in total. The zero-order chi connectivity index (χ0) is 14.1. The quantitative estimate of drug-likeness (QED) is 0.787. The van der Waals surface area contributed by atoms with E-state index in [1.807, 2.05) is 0 Å². The molecule has 1 aromatic heterocycles. The lowest BCUT2D eigenvalue weighted by Crippen LogP contribution is -2.45. The maximum atomic E-state index is 12.0. The summed E-state index contributed by atoms with van der Waals surface area (Å²) in [5.74, 6) is 0.431. The summed E-state index contributed by atoms with van der Waals surface area (Å²) >= 11 is 1.09. The van der Waals surface area contributed by atoms with Gasteiger partial charge in [0.1, 0.15) is 4.21 Å². The van der Waals surface area contributed by atoms with E-state index in [1.54, 1.807) is 5.38 Å². The number of thiophene rings is 1. The average molecular weight is 304 g/mol. The van der Waals surface area contributed by atoms with Crippen LogP contribution in [0.2, 0.25) is 0 Å². The lowest BCUT2D eigenvalue weighted by atomic mass is 9.79. The van der Waals surface area contributed by atoms with Gasteiger partial charge in [-0.15, -0.1) is 11.3 Å². The van der Waals surface area contributed by atoms with Crippen LogP contribution in [0.4, 0.5) is 5.69 Å². The number of nitrogens with two attached hydrogens (primary N) is 1. The Balaban J connectivity index is 2.01. The topological polar surface area (TPSA) is 92.4 Å². The predicted molar refractivity (Wildman–Crippen MR) is 76.5 cm³/mol. The van der Waals surface area contributed by atoms with Crippen molar-refractivity contribution in [3.63, 3.8) is 0 Å². The first kappa shape index (κ1) is 14.8. The van der Waals surface area contributed by atoms with E-state index >= 15 is 0 Å². The Morgan fingerprint density at radius 2 is 2.37 bits per heavy atom. The molecule has 0 bridgehead atoms. The number of sulfonamides is 1. The van der Waals surface area contributed by atoms with E-state index in [4.69, 9.17) is 5.73 Å². The highest BCUT2D eigenvalue weighted by atomic mass is 32.2. The summed E-state index contributed by atoms with van der Waals surface area (Å²) in [6.45, 7) is 2.15. The molecule has 1 aliphatic carbocycles. The third-order valence-electron chi connectivity index (χ3n) is 3.52. The van der Waals surface area contributed by atoms with Gasteiger partial charge in [-0.25, -0.2) is 13.1 Å². The average Bonchev–Trinajstić information content (AvgIpc) is 2.74. The normalized spacial score (nSPS) is 28.4. The van der Waals surface area contributed by atoms with Gasteiger partial charge in [0.15, 0.2) is 0 Å². The Hall–Kier alpha value is -0.630. The van der Waals surface area contributed by atoms with Crippen LogP contribution in [-0.4, -0.2) is 25.7 Å². The Bertz CT molecular complexity index is 541. The first-order valence-corrected chi connectivity index (χ1v) is 8.73. The maximum Gasteiger partial charge on any atom is 0.250 e. The van der Waals surface area contributed by atoms with Crippen LogP contribution in [0.1, 0.15) is 32.6 Å². The van der Waals surface area contributed by atoms with Gasteiger partial charge in [-0.05, 0) is 24.8 Å². The fourth-order valence-electron chi connectivity index (χ4n) is 2.56. The minimum absolute atomic E-state index is 0.0669. The molecule has 2 rings (SSSR count). The van der Waals surface area contributed by atoms with Crippen molar-refractivity contribution in [2.45, 2.75) is 42.4 Å². The van der Waals surface area contributed by atoms with Crippen LogP contribution in [-0.2, 0) is 10.0 Å². The van der Waals surface area contributed by atoms with Crippen LogP contribution in [0.3, 0.4) is 0 Å². The van der Waals surface area contributed by atoms with Crippen molar-refractivity contribution in [1.82, 2.24) is 4.72 Å². The second-order valence-corrected chi connectivity index (χ2v) is 8.35. The van der Waals surface area contributed by atoms with Crippen LogP contribution >= 0.6 is 11.3 Å². The molecule has 4 N–H and O–H groups in total. The molecular weight excluding hydrogens is 284 g/mol. The number of rotatable bonds is 4. The third-order valence-corrected chi connectivity index (χ3v) is 6.38. The number of anilines is 1. The molecule has 0 spiro atoms. The summed E-state index contributed by atoms with van der Waals surface area (Å²) in [5, 5.41) is 12.0. The predicted octanol–water partition coefficient (Wildman–Crippen LogP) is 1.55. The van der Waals surface area contributed by atoms with Crippen LogP contribution < -0.4 is 10.5 Å². The van der Waals surface area contributed by atoms with E-state index in [2.05, 4.69) is 11.6 Å². The highest BCUT2D eigenvalue weighted by molar-refractivity contribution is 7.91. The summed E-state index contributed by atoms with van der Waals surface area (Å²) in [6.07, 6.45) is 3.32. The third kappa shape index (κ3) is 3.68. The minimum Gasteiger partial charge on any atom is -0.398 e. The molecular formula is C12H20N2O3S2. The molecule has 1 aliphatic rings. The van der Waals surface area contributed by atoms with E-state index in [0.29, 0.717) is 24.4 Å². The van der Waals surface area contributed by atoms with E-state index in [-0.39, 0.29) is 10.8 Å². The van der Waals surface area contributed by atoms with Crippen molar-refractivity contribution in [1.29, 1.82) is 0 Å². The van der Waals surface area contributed by atoms with Crippen molar-refractivity contribution >= 4 is 27.0 Å².